The van der Waals surface area contributed by atoms with Crippen LogP contribution in [-0.4, -0.2) is 216 Å². The van der Waals surface area contributed by atoms with Crippen molar-refractivity contribution in [2.45, 2.75) is 249 Å². The fourth-order valence-electron chi connectivity index (χ4n) is 18.2. The van der Waals surface area contributed by atoms with Crippen LogP contribution in [0.3, 0.4) is 0 Å². The van der Waals surface area contributed by atoms with Gasteiger partial charge in [-0.15, -0.1) is 0 Å². The number of fused-ring (bicyclic) bond motifs is 10. The second-order valence-electron chi connectivity index (χ2n) is 34.6. The number of aliphatic hydroxyl groups is 2. The molecule has 20 heterocycles. The third-order valence-corrected chi connectivity index (χ3v) is 25.7. The number of nitrogens with one attached hydrogen (secondary N) is 1. The molecule has 0 bridgehead atoms. The molecule has 0 amide bonds. The minimum atomic E-state index is -3.96. The zero-order valence-electron chi connectivity index (χ0n) is 74.1. The number of nitrogens with zero attached hydrogens (tertiary/aromatic N) is 15. The second-order valence-corrected chi connectivity index (χ2v) is 36.6. The van der Waals surface area contributed by atoms with E-state index in [0.717, 1.165) is 83.9 Å². The predicted octanol–water partition coefficient (Wildman–Crippen LogP) is 12.1. The fraction of sp³-hybridized carbons (Fsp3) is 0.477. The molecule has 13 aromatic rings. The van der Waals surface area contributed by atoms with Crippen molar-refractivity contribution in [1.82, 2.24) is 76.9 Å². The van der Waals surface area contributed by atoms with Gasteiger partial charge >= 0.3 is 19.5 Å². The van der Waals surface area contributed by atoms with E-state index in [9.17, 15) is 23.4 Å². The Morgan fingerprint density at radius 1 is 0.452 bits per heavy atom. The fourth-order valence-corrected chi connectivity index (χ4v) is 19.3. The van der Waals surface area contributed by atoms with Gasteiger partial charge < -0.3 is 119 Å². The van der Waals surface area contributed by atoms with Gasteiger partial charge in [-0.2, -0.15) is 8.42 Å². The Hall–Kier alpha value is -9.06. The summed E-state index contributed by atoms with van der Waals surface area (Å²) in [5, 5.41) is 23.4. The Labute approximate surface area is 746 Å². The van der Waals surface area contributed by atoms with E-state index in [1.807, 2.05) is 231 Å². The number of benzene rings is 1. The summed E-state index contributed by atoms with van der Waals surface area (Å²) >= 11 is 6.12. The van der Waals surface area contributed by atoms with E-state index in [1.54, 1.807) is 43.1 Å². The van der Waals surface area contributed by atoms with Crippen molar-refractivity contribution >= 4 is 77.1 Å². The number of rotatable bonds is 13. The maximum Gasteiger partial charge on any atom is 2.00 e. The molecule has 668 valence electrons. The van der Waals surface area contributed by atoms with E-state index in [4.69, 9.17) is 77.4 Å². The molecule has 0 unspecified atom stereocenters. The number of H-pyrrole nitrogens is 1. The Balaban J connectivity index is 0.000000131. The SMILES string of the molecule is CC1(C)O[C@H]2[C@H](n3ccc4c(Cl)ncnc43)O[C@H](CO)[C@@]2(C)O1.Cc1c[nH]c2cc(=O)ccn12.Cc1ccc(S(=O)(=O)OC[C@H]2O[C@@H](n3ccc4c(C)ncnc43)[C@@H]3OC(C)(C)O[C@]23C)cc1.Cc1ncnc2c1ccn2[C@@H]1O[C@H](CO)[C@@]2(C)OC(C)(C)O[C@@H]12.Cc1ncnc2c1ccn2[C@@H]1O[C@H](COc2ccn3c(C)cnc3c2)[C@@]2(C)OC(C)(C)O[C@@H]12.[CH3-].[CH3-].[Zn+2]. The quantitative estimate of drug-likeness (QED) is 0.0418. The van der Waals surface area contributed by atoms with Gasteiger partial charge in [0.1, 0.15) is 148 Å². The molecular weight excluding hydrogens is 1720 g/mol. The molecule has 8 aliphatic heterocycles. The summed E-state index contributed by atoms with van der Waals surface area (Å²) in [7, 11) is -3.96. The molecule has 0 spiro atoms. The van der Waals surface area contributed by atoms with Crippen LogP contribution in [0.5, 0.6) is 5.75 Å². The van der Waals surface area contributed by atoms with Crippen LogP contribution in [-0.2, 0) is 90.6 Å². The van der Waals surface area contributed by atoms with Gasteiger partial charge in [0.15, 0.2) is 53.5 Å². The number of aliphatic hydroxyl groups excluding tert-OH is 2. The molecule has 0 saturated carbocycles. The van der Waals surface area contributed by atoms with Crippen molar-refractivity contribution in [1.29, 1.82) is 0 Å². The third-order valence-electron chi connectivity index (χ3n) is 24.1. The maximum absolute atomic E-state index is 12.8. The number of pyridine rings is 2. The number of hydrogen-bond donors (Lipinski definition) is 3. The Bertz CT molecular complexity index is 6210. The van der Waals surface area contributed by atoms with Gasteiger partial charge in [-0.25, -0.2) is 44.9 Å². The number of aryl methyl sites for hydroxylation is 6. The van der Waals surface area contributed by atoms with E-state index in [-0.39, 0.29) is 88.9 Å². The predicted molar refractivity (Wildman–Crippen MR) is 458 cm³/mol. The van der Waals surface area contributed by atoms with Crippen LogP contribution >= 0.6 is 11.6 Å². The van der Waals surface area contributed by atoms with Crippen LogP contribution in [0.1, 0.15) is 142 Å². The molecule has 126 heavy (non-hydrogen) atoms. The third kappa shape index (κ3) is 16.8. The minimum Gasteiger partial charge on any atom is -0.491 e. The first-order chi connectivity index (χ1) is 58.2. The van der Waals surface area contributed by atoms with Crippen molar-refractivity contribution in [3.63, 3.8) is 0 Å². The number of imidazole rings is 2. The molecule has 12 aromatic heterocycles. The Kier molecular flexibility index (Phi) is 25.4. The van der Waals surface area contributed by atoms with E-state index < -0.39 is 105 Å². The van der Waals surface area contributed by atoms with Crippen molar-refractivity contribution in [2.75, 3.05) is 26.4 Å². The van der Waals surface area contributed by atoms with Crippen molar-refractivity contribution in [3.05, 3.63) is 212 Å². The van der Waals surface area contributed by atoms with E-state index in [2.05, 4.69) is 49.8 Å². The Morgan fingerprint density at radius 3 is 1.26 bits per heavy atom. The molecule has 8 saturated heterocycles. The van der Waals surface area contributed by atoms with Gasteiger partial charge in [0, 0.05) is 95.3 Å². The molecule has 0 aliphatic carbocycles. The first-order valence-corrected chi connectivity index (χ1v) is 42.4. The summed E-state index contributed by atoms with van der Waals surface area (Å²) in [5.41, 5.74) is 7.43. The van der Waals surface area contributed by atoms with Crippen molar-refractivity contribution < 1.29 is 104 Å². The summed E-state index contributed by atoms with van der Waals surface area (Å²) in [6.45, 7) is 34.3. The molecule has 35 nitrogen and oxygen atoms in total. The topological polar surface area (TPSA) is 381 Å². The van der Waals surface area contributed by atoms with Crippen LogP contribution in [0.2, 0.25) is 5.15 Å². The largest absolute Gasteiger partial charge is 2.00 e. The number of hydrogen-bond acceptors (Lipinski definition) is 28. The summed E-state index contributed by atoms with van der Waals surface area (Å²) < 4.78 is 123. The number of halogens is 1. The van der Waals surface area contributed by atoms with Crippen LogP contribution in [0.4, 0.5) is 0 Å². The van der Waals surface area contributed by atoms with Gasteiger partial charge in [-0.05, 0) is 167 Å². The van der Waals surface area contributed by atoms with Crippen LogP contribution in [0.25, 0.3) is 55.4 Å². The van der Waals surface area contributed by atoms with Gasteiger partial charge in [0.05, 0.1) is 47.2 Å². The molecular formula is C88H107ClN16O19SZn. The standard InChI is InChI=1S/C24H27N5O4.C23H27N3O6S.C16H21N3O4.C15H18ClN3O4.C8H8N2O.2CH3.Zn/c1-14-11-25-19-10-16(6-8-28(14)19)30-12-18-24(5)20(32-23(3,4)33-24)22(31-18)29-9-7-17-15(2)26-13-27-21(17)29;1-14-6-8-16(9-7-14)33(27,28)29-12-18-23(5)19(31-22(3,4)32-23)21(30-18)26-11-10-17-15(2)24-13-25-20(17)26;1-9-10-5-6-19(13(10)18-8-17-9)14-12-16(4,11(7-20)21-14)23-15(2,3)22-12;1-14(2)22-10-13(21-9(6-20)15(10,3)23-14)19-5-4-8-11(16)17-7-18-12(8)19;1-6-5-9-8-4-7(11)2-3-10(6)8;;;/h6-11,13,18,20,22H,12H2,1-5H3;6-11,13,18-19,21H,12H2,1-5H3;5-6,8,11-12,14,20H,7H2,1-4H3;4-5,7,9-10,13,20H,6H2,1-3H3;2-5,9H,1H3;2*1H3;/q;;;;;2*-1;+2/t18-,20+,22-,24-;18-,19+,21-,23-;11-,12+,14-,16-;9-,10+,13-,15-;;;;/m1111..../s1. The number of aromatic amines is 1. The van der Waals surface area contributed by atoms with Crippen LogP contribution in [0.15, 0.2) is 157 Å². The smallest absolute Gasteiger partial charge is 0.491 e. The molecule has 3 N–H and O–H groups in total. The van der Waals surface area contributed by atoms with E-state index in [1.165, 1.54) is 24.8 Å². The second kappa shape index (κ2) is 34.4. The summed E-state index contributed by atoms with van der Waals surface area (Å²) in [6, 6.07) is 21.2. The number of aromatic nitrogens is 16. The minimum absolute atomic E-state index is 0. The van der Waals surface area contributed by atoms with Gasteiger partial charge in [-0.1, -0.05) is 29.3 Å². The summed E-state index contributed by atoms with van der Waals surface area (Å²) in [5.74, 6) is -2.34. The van der Waals surface area contributed by atoms with Gasteiger partial charge in [-0.3, -0.25) is 8.98 Å². The molecule has 8 aliphatic rings. The van der Waals surface area contributed by atoms with Gasteiger partial charge in [0.25, 0.3) is 10.1 Å². The van der Waals surface area contributed by atoms with Crippen LogP contribution < -0.4 is 10.2 Å². The summed E-state index contributed by atoms with van der Waals surface area (Å²) in [6.07, 6.45) is 15.7. The monoisotopic (exact) mass is 1820 g/mol. The average molecular weight is 1830 g/mol. The molecule has 1 aromatic carbocycles. The first kappa shape index (κ1) is 93.1. The molecule has 8 fully saturated rings. The maximum atomic E-state index is 12.8. The normalized spacial score (nSPS) is 29.1. The van der Waals surface area contributed by atoms with Crippen LogP contribution in [0, 0.1) is 56.4 Å². The zero-order chi connectivity index (χ0) is 87.2. The number of ether oxygens (including phenoxy) is 13. The first-order valence-electron chi connectivity index (χ1n) is 40.6. The zero-order valence-corrected chi connectivity index (χ0v) is 78.7. The van der Waals surface area contributed by atoms with Gasteiger partial charge in [0.2, 0.25) is 0 Å². The molecule has 38 heteroatoms. The van der Waals surface area contributed by atoms with E-state index in [0.29, 0.717) is 23.1 Å². The average Bonchev–Trinajstić information content (AvgIpc) is 1.57. The Morgan fingerprint density at radius 2 is 0.833 bits per heavy atom. The molecule has 0 radical (unpaired) electrons. The molecule has 16 atom stereocenters. The summed E-state index contributed by atoms with van der Waals surface area (Å²) in [4.78, 5) is 52.7. The molecule has 21 rings (SSSR count). The van der Waals surface area contributed by atoms with E-state index >= 15 is 0 Å². The van der Waals surface area contributed by atoms with Crippen molar-refractivity contribution in [3.8, 4) is 5.75 Å². The van der Waals surface area contributed by atoms with Crippen molar-refractivity contribution in [2.24, 2.45) is 0 Å².